The van der Waals surface area contributed by atoms with Crippen molar-refractivity contribution in [2.24, 2.45) is 0 Å². The second kappa shape index (κ2) is 5.76. The molecule has 0 atom stereocenters. The molecular formula is C12H19BClNO2. The van der Waals surface area contributed by atoms with Crippen molar-refractivity contribution in [3.8, 4) is 0 Å². The molecule has 0 spiro atoms. The standard InChI is InChI=1S/C6H5BClN.C6H14O2/c7-4-1-5(8)3-6(9)2-4;1-5(2,7)6(3,4)8/h1-3H,9H2;7-8H,1-4H3. The van der Waals surface area contributed by atoms with Crippen LogP contribution in [0.2, 0.25) is 5.02 Å². The highest BCUT2D eigenvalue weighted by molar-refractivity contribution is 6.36. The summed E-state index contributed by atoms with van der Waals surface area (Å²) in [5.41, 5.74) is 4.58. The molecular weight excluding hydrogens is 236 g/mol. The molecule has 1 aromatic rings. The van der Waals surface area contributed by atoms with Gasteiger partial charge in [-0.05, 0) is 39.8 Å². The molecule has 0 aromatic heterocycles. The zero-order valence-electron chi connectivity index (χ0n) is 10.7. The summed E-state index contributed by atoms with van der Waals surface area (Å²) in [5, 5.41) is 18.8. The summed E-state index contributed by atoms with van der Waals surface area (Å²) in [6, 6.07) is 4.96. The van der Waals surface area contributed by atoms with Crippen LogP contribution in [0.3, 0.4) is 0 Å². The van der Waals surface area contributed by atoms with Gasteiger partial charge < -0.3 is 15.9 Å². The molecule has 17 heavy (non-hydrogen) atoms. The Bertz CT molecular complexity index is 307. The number of nitrogens with two attached hydrogens (primary N) is 1. The zero-order chi connectivity index (χ0) is 13.9. The Morgan fingerprint density at radius 3 is 1.71 bits per heavy atom. The molecule has 0 fully saturated rings. The van der Waals surface area contributed by atoms with Crippen molar-refractivity contribution >= 4 is 30.6 Å². The van der Waals surface area contributed by atoms with Crippen LogP contribution in [0.15, 0.2) is 18.2 Å². The van der Waals surface area contributed by atoms with E-state index in [2.05, 4.69) is 0 Å². The highest BCUT2D eigenvalue weighted by Gasteiger charge is 2.31. The maximum absolute atomic E-state index is 9.10. The van der Waals surface area contributed by atoms with E-state index in [0.29, 0.717) is 16.2 Å². The molecule has 0 aliphatic rings. The molecule has 0 unspecified atom stereocenters. The lowest BCUT2D eigenvalue weighted by molar-refractivity contribution is -0.107. The molecule has 0 amide bonds. The lowest BCUT2D eigenvalue weighted by Crippen LogP contribution is -2.44. The molecule has 0 aliphatic carbocycles. The molecule has 94 valence electrons. The number of anilines is 1. The van der Waals surface area contributed by atoms with E-state index < -0.39 is 11.2 Å². The van der Waals surface area contributed by atoms with Gasteiger partial charge in [0.15, 0.2) is 0 Å². The topological polar surface area (TPSA) is 66.5 Å². The van der Waals surface area contributed by atoms with Gasteiger partial charge in [-0.1, -0.05) is 23.1 Å². The van der Waals surface area contributed by atoms with Crippen LogP contribution in [0.4, 0.5) is 5.69 Å². The summed E-state index contributed by atoms with van der Waals surface area (Å²) in [4.78, 5) is 0. The second-order valence-corrected chi connectivity index (χ2v) is 5.37. The summed E-state index contributed by atoms with van der Waals surface area (Å²) < 4.78 is 0. The fraction of sp³-hybridized carbons (Fsp3) is 0.500. The Morgan fingerprint density at radius 2 is 1.47 bits per heavy atom. The molecule has 0 bridgehead atoms. The van der Waals surface area contributed by atoms with Crippen molar-refractivity contribution in [3.05, 3.63) is 23.2 Å². The van der Waals surface area contributed by atoms with E-state index >= 15 is 0 Å². The first-order chi connectivity index (χ1) is 7.43. The van der Waals surface area contributed by atoms with E-state index in [4.69, 9.17) is 35.4 Å². The van der Waals surface area contributed by atoms with Crippen LogP contribution in [-0.2, 0) is 0 Å². The van der Waals surface area contributed by atoms with Gasteiger partial charge in [0, 0.05) is 10.7 Å². The number of hydrogen-bond donors (Lipinski definition) is 3. The number of aliphatic hydroxyl groups is 2. The minimum Gasteiger partial charge on any atom is -0.399 e. The lowest BCUT2D eigenvalue weighted by atomic mass is 9.90. The predicted molar refractivity (Wildman–Crippen MR) is 73.8 cm³/mol. The van der Waals surface area contributed by atoms with Crippen molar-refractivity contribution in [2.75, 3.05) is 5.73 Å². The quantitative estimate of drug-likeness (QED) is 0.523. The molecule has 4 N–H and O–H groups in total. The van der Waals surface area contributed by atoms with E-state index in [0.717, 1.165) is 0 Å². The third kappa shape index (κ3) is 6.56. The van der Waals surface area contributed by atoms with Crippen LogP contribution in [0.5, 0.6) is 0 Å². The zero-order valence-corrected chi connectivity index (χ0v) is 11.4. The van der Waals surface area contributed by atoms with Gasteiger partial charge in [0.1, 0.15) is 7.85 Å². The van der Waals surface area contributed by atoms with Crippen molar-refractivity contribution in [2.45, 2.75) is 38.9 Å². The molecule has 2 radical (unpaired) electrons. The number of hydrogen-bond acceptors (Lipinski definition) is 3. The van der Waals surface area contributed by atoms with E-state index in [9.17, 15) is 0 Å². The Hall–Kier alpha value is -0.705. The van der Waals surface area contributed by atoms with Crippen molar-refractivity contribution in [3.63, 3.8) is 0 Å². The SMILES string of the molecule is CC(C)(O)C(C)(C)O.[B]c1cc(N)cc(Cl)c1. The van der Waals surface area contributed by atoms with Gasteiger partial charge in [0.05, 0.1) is 11.2 Å². The minimum atomic E-state index is -1.01. The molecule has 0 saturated carbocycles. The fourth-order valence-corrected chi connectivity index (χ4v) is 0.888. The van der Waals surface area contributed by atoms with Crippen LogP contribution in [-0.4, -0.2) is 29.3 Å². The Kier molecular flexibility index (Phi) is 5.52. The Morgan fingerprint density at radius 1 is 1.06 bits per heavy atom. The first kappa shape index (κ1) is 16.3. The summed E-state index contributed by atoms with van der Waals surface area (Å²) in [7, 11) is 5.40. The van der Waals surface area contributed by atoms with Crippen LogP contribution >= 0.6 is 11.6 Å². The largest absolute Gasteiger partial charge is 0.399 e. The van der Waals surface area contributed by atoms with Gasteiger partial charge in [-0.25, -0.2) is 0 Å². The summed E-state index contributed by atoms with van der Waals surface area (Å²) >= 11 is 5.59. The average Bonchev–Trinajstić information content (AvgIpc) is 1.96. The highest BCUT2D eigenvalue weighted by Crippen LogP contribution is 2.19. The molecule has 3 nitrogen and oxygen atoms in total. The highest BCUT2D eigenvalue weighted by atomic mass is 35.5. The monoisotopic (exact) mass is 255 g/mol. The smallest absolute Gasteiger partial charge is 0.113 e. The predicted octanol–water partition coefficient (Wildman–Crippen LogP) is 1.24. The van der Waals surface area contributed by atoms with Crippen LogP contribution in [0.25, 0.3) is 0 Å². The van der Waals surface area contributed by atoms with Crippen LogP contribution < -0.4 is 11.2 Å². The summed E-state index contributed by atoms with van der Waals surface area (Å²) in [5.74, 6) is 0. The summed E-state index contributed by atoms with van der Waals surface area (Å²) in [6.07, 6.45) is 0. The van der Waals surface area contributed by atoms with E-state index in [1.807, 2.05) is 0 Å². The van der Waals surface area contributed by atoms with Crippen molar-refractivity contribution < 1.29 is 10.2 Å². The number of rotatable bonds is 1. The summed E-state index contributed by atoms with van der Waals surface area (Å²) in [6.45, 7) is 6.31. The van der Waals surface area contributed by atoms with E-state index in [1.54, 1.807) is 45.9 Å². The molecule has 0 saturated heterocycles. The van der Waals surface area contributed by atoms with Gasteiger partial charge in [0.25, 0.3) is 0 Å². The van der Waals surface area contributed by atoms with Gasteiger partial charge in [-0.2, -0.15) is 0 Å². The fourth-order valence-electron chi connectivity index (χ4n) is 0.636. The van der Waals surface area contributed by atoms with Gasteiger partial charge in [-0.3, -0.25) is 0 Å². The first-order valence-electron chi connectivity index (χ1n) is 5.20. The third-order valence-electron chi connectivity index (χ3n) is 2.44. The third-order valence-corrected chi connectivity index (χ3v) is 2.66. The first-order valence-corrected chi connectivity index (χ1v) is 5.57. The lowest BCUT2D eigenvalue weighted by Gasteiger charge is -2.31. The Balaban J connectivity index is 0.000000304. The maximum Gasteiger partial charge on any atom is 0.113 e. The van der Waals surface area contributed by atoms with E-state index in [-0.39, 0.29) is 0 Å². The Labute approximate surface area is 109 Å². The molecule has 0 heterocycles. The molecule has 1 rings (SSSR count). The van der Waals surface area contributed by atoms with Crippen LogP contribution in [0, 0.1) is 0 Å². The molecule has 1 aromatic carbocycles. The maximum atomic E-state index is 9.10. The average molecular weight is 256 g/mol. The number of halogens is 1. The number of nitrogen functional groups attached to an aromatic ring is 1. The van der Waals surface area contributed by atoms with Gasteiger partial charge in [0.2, 0.25) is 0 Å². The van der Waals surface area contributed by atoms with Crippen molar-refractivity contribution in [1.29, 1.82) is 0 Å². The van der Waals surface area contributed by atoms with Gasteiger partial charge >= 0.3 is 0 Å². The van der Waals surface area contributed by atoms with Gasteiger partial charge in [-0.15, -0.1) is 0 Å². The van der Waals surface area contributed by atoms with Crippen LogP contribution in [0.1, 0.15) is 27.7 Å². The minimum absolute atomic E-state index is 0.576. The molecule has 0 aliphatic heterocycles. The number of benzene rings is 1. The normalized spacial score (nSPS) is 11.7. The van der Waals surface area contributed by atoms with Crippen molar-refractivity contribution in [1.82, 2.24) is 0 Å². The van der Waals surface area contributed by atoms with E-state index in [1.165, 1.54) is 0 Å². The molecule has 5 heteroatoms. The second-order valence-electron chi connectivity index (χ2n) is 4.94.